The van der Waals surface area contributed by atoms with E-state index in [4.69, 9.17) is 16.3 Å². The summed E-state index contributed by atoms with van der Waals surface area (Å²) in [5.41, 5.74) is 1.75. The normalized spacial score (nSPS) is 14.5. The summed E-state index contributed by atoms with van der Waals surface area (Å²) in [5, 5.41) is 7.10. The highest BCUT2D eigenvalue weighted by atomic mass is 35.5. The maximum Gasteiger partial charge on any atom is 0.275 e. The summed E-state index contributed by atoms with van der Waals surface area (Å²) in [6.45, 7) is 6.64. The number of para-hydroxylation sites is 2. The average molecular weight is 549 g/mol. The number of pyridine rings is 1. The van der Waals surface area contributed by atoms with Crippen LogP contribution in [0.1, 0.15) is 53.8 Å². The van der Waals surface area contributed by atoms with Gasteiger partial charge in [0.25, 0.3) is 11.8 Å². The van der Waals surface area contributed by atoms with E-state index in [1.54, 1.807) is 31.4 Å². The number of ether oxygens (including phenoxy) is 1. The van der Waals surface area contributed by atoms with Crippen molar-refractivity contribution < 1.29 is 14.3 Å². The first-order valence-corrected chi connectivity index (χ1v) is 13.8. The predicted molar refractivity (Wildman–Crippen MR) is 151 cm³/mol. The number of thiazole rings is 1. The fourth-order valence-corrected chi connectivity index (χ4v) is 5.88. The number of fused-ring (bicyclic) bond motifs is 1. The third-order valence-corrected chi connectivity index (χ3v) is 8.01. The van der Waals surface area contributed by atoms with E-state index in [1.807, 2.05) is 54.3 Å². The van der Waals surface area contributed by atoms with Gasteiger partial charge in [-0.15, -0.1) is 11.3 Å². The summed E-state index contributed by atoms with van der Waals surface area (Å²) in [7, 11) is 0. The summed E-state index contributed by atoms with van der Waals surface area (Å²) in [5.74, 6) is 0.373. The van der Waals surface area contributed by atoms with Crippen LogP contribution in [-0.4, -0.2) is 45.4 Å². The molecule has 2 amide bonds. The van der Waals surface area contributed by atoms with Gasteiger partial charge in [-0.1, -0.05) is 41.9 Å². The lowest BCUT2D eigenvalue weighted by atomic mass is 9.96. The minimum Gasteiger partial charge on any atom is -0.476 e. The topological polar surface area (TPSA) is 84.4 Å². The van der Waals surface area contributed by atoms with Crippen LogP contribution in [0, 0.1) is 6.92 Å². The number of nitrogens with one attached hydrogen (secondary N) is 1. The molecule has 0 radical (unpaired) electrons. The van der Waals surface area contributed by atoms with Crippen LogP contribution in [0.2, 0.25) is 5.02 Å². The number of benzene rings is 2. The highest BCUT2D eigenvalue weighted by Crippen LogP contribution is 2.33. The largest absolute Gasteiger partial charge is 0.476 e. The monoisotopic (exact) mass is 548 g/mol. The average Bonchev–Trinajstić information content (AvgIpc) is 3.40. The van der Waals surface area contributed by atoms with E-state index in [9.17, 15) is 9.59 Å². The van der Waals surface area contributed by atoms with Crippen molar-refractivity contribution in [3.8, 4) is 5.75 Å². The van der Waals surface area contributed by atoms with Crippen LogP contribution in [-0.2, 0) is 4.79 Å². The molecule has 1 aliphatic rings. The van der Waals surface area contributed by atoms with E-state index < -0.39 is 5.60 Å². The first-order valence-electron chi connectivity index (χ1n) is 12.6. The Hall–Kier alpha value is -3.49. The van der Waals surface area contributed by atoms with E-state index in [0.29, 0.717) is 29.6 Å². The minimum absolute atomic E-state index is 0.0741. The van der Waals surface area contributed by atoms with Crippen LogP contribution in [0.4, 0.5) is 5.69 Å². The van der Waals surface area contributed by atoms with Crippen molar-refractivity contribution in [3.63, 3.8) is 0 Å². The van der Waals surface area contributed by atoms with Crippen LogP contribution < -0.4 is 10.1 Å². The number of amides is 2. The van der Waals surface area contributed by atoms with E-state index in [-0.39, 0.29) is 17.7 Å². The summed E-state index contributed by atoms with van der Waals surface area (Å²) in [6, 6.07) is 16.8. The van der Waals surface area contributed by atoms with Crippen LogP contribution in [0.3, 0.4) is 0 Å². The van der Waals surface area contributed by atoms with Crippen molar-refractivity contribution >= 4 is 51.3 Å². The molecular weight excluding hydrogens is 520 g/mol. The van der Waals surface area contributed by atoms with Crippen molar-refractivity contribution in [1.82, 2.24) is 14.9 Å². The fourth-order valence-electron chi connectivity index (χ4n) is 4.73. The standard InChI is InChI=1S/C29H29ClN4O3S/c1-18-16-23(20-8-4-6-10-22(20)31-18)32-26(35)24-17-38-27(33-24)19-12-14-34(15-13-19)28(36)29(2,3)37-25-11-7-5-9-21(25)30/h4-11,16-17,19H,12-15H2,1-3H3,(H,31,32,35). The molecule has 0 spiro atoms. The molecule has 38 heavy (non-hydrogen) atoms. The van der Waals surface area contributed by atoms with Gasteiger partial charge in [-0.25, -0.2) is 4.98 Å². The van der Waals surface area contributed by atoms with E-state index in [0.717, 1.165) is 40.1 Å². The number of hydrogen-bond acceptors (Lipinski definition) is 6. The number of hydrogen-bond donors (Lipinski definition) is 1. The molecule has 1 saturated heterocycles. The second-order valence-electron chi connectivity index (χ2n) is 9.96. The summed E-state index contributed by atoms with van der Waals surface area (Å²) >= 11 is 7.72. The van der Waals surface area contributed by atoms with E-state index >= 15 is 0 Å². The third-order valence-electron chi connectivity index (χ3n) is 6.70. The Morgan fingerprint density at radius 1 is 1.08 bits per heavy atom. The Kier molecular flexibility index (Phi) is 7.36. The maximum atomic E-state index is 13.3. The second-order valence-corrected chi connectivity index (χ2v) is 11.3. The zero-order valence-corrected chi connectivity index (χ0v) is 23.1. The molecule has 9 heteroatoms. The smallest absolute Gasteiger partial charge is 0.275 e. The van der Waals surface area contributed by atoms with Gasteiger partial charge in [-0.05, 0) is 57.9 Å². The number of carbonyl (C=O) groups is 2. The quantitative estimate of drug-likeness (QED) is 0.298. The molecule has 1 aliphatic heterocycles. The van der Waals surface area contributed by atoms with Gasteiger partial charge in [0, 0.05) is 35.5 Å². The SMILES string of the molecule is Cc1cc(NC(=O)c2csc(C3CCN(C(=O)C(C)(C)Oc4ccccc4Cl)CC3)n2)c2ccccc2n1. The minimum atomic E-state index is -1.04. The van der Waals surface area contributed by atoms with Crippen molar-refractivity contribution in [1.29, 1.82) is 0 Å². The second kappa shape index (κ2) is 10.7. The summed E-state index contributed by atoms with van der Waals surface area (Å²) < 4.78 is 5.99. The zero-order chi connectivity index (χ0) is 26.9. The fraction of sp³-hybridized carbons (Fsp3) is 0.310. The molecule has 4 aromatic rings. The number of piperidine rings is 1. The molecule has 2 aromatic heterocycles. The van der Waals surface area contributed by atoms with Crippen molar-refractivity contribution in [2.45, 2.75) is 45.1 Å². The number of aryl methyl sites for hydroxylation is 1. The Balaban J connectivity index is 1.21. The molecule has 1 N–H and O–H groups in total. The molecule has 0 aliphatic carbocycles. The van der Waals surface area contributed by atoms with Crippen LogP contribution in [0.15, 0.2) is 60.0 Å². The third kappa shape index (κ3) is 5.51. The van der Waals surface area contributed by atoms with Gasteiger partial charge in [0.1, 0.15) is 11.4 Å². The lowest BCUT2D eigenvalue weighted by Crippen LogP contribution is -2.51. The van der Waals surface area contributed by atoms with Crippen molar-refractivity contribution in [2.24, 2.45) is 0 Å². The lowest BCUT2D eigenvalue weighted by Gasteiger charge is -2.36. The molecule has 3 heterocycles. The Labute approximate surface area is 230 Å². The van der Waals surface area contributed by atoms with Crippen LogP contribution in [0.25, 0.3) is 10.9 Å². The van der Waals surface area contributed by atoms with Gasteiger partial charge < -0.3 is 15.0 Å². The number of rotatable bonds is 6. The molecule has 196 valence electrons. The van der Waals surface area contributed by atoms with Gasteiger partial charge in [0.05, 0.1) is 21.2 Å². The Bertz CT molecular complexity index is 1490. The first-order chi connectivity index (χ1) is 18.2. The molecule has 1 fully saturated rings. The molecule has 0 atom stereocenters. The lowest BCUT2D eigenvalue weighted by molar-refractivity contribution is -0.146. The van der Waals surface area contributed by atoms with Gasteiger partial charge >= 0.3 is 0 Å². The number of aromatic nitrogens is 2. The molecule has 5 rings (SSSR count). The van der Waals surface area contributed by atoms with Crippen molar-refractivity contribution in [2.75, 3.05) is 18.4 Å². The summed E-state index contributed by atoms with van der Waals surface area (Å²) in [4.78, 5) is 37.3. The van der Waals surface area contributed by atoms with Crippen molar-refractivity contribution in [3.05, 3.63) is 81.4 Å². The number of halogens is 1. The molecule has 0 saturated carbocycles. The number of likely N-dealkylation sites (tertiary alicyclic amines) is 1. The zero-order valence-electron chi connectivity index (χ0n) is 21.5. The molecule has 0 unspecified atom stereocenters. The number of anilines is 1. The number of carbonyl (C=O) groups excluding carboxylic acids is 2. The number of nitrogens with zero attached hydrogens (tertiary/aromatic N) is 3. The first kappa shape index (κ1) is 26.1. The van der Waals surface area contributed by atoms with Gasteiger partial charge in [-0.2, -0.15) is 0 Å². The molecular formula is C29H29ClN4O3S. The Morgan fingerprint density at radius 3 is 2.55 bits per heavy atom. The predicted octanol–water partition coefficient (Wildman–Crippen LogP) is 6.47. The van der Waals surface area contributed by atoms with Gasteiger partial charge in [-0.3, -0.25) is 14.6 Å². The molecule has 7 nitrogen and oxygen atoms in total. The Morgan fingerprint density at radius 2 is 1.79 bits per heavy atom. The molecule has 0 bridgehead atoms. The van der Waals surface area contributed by atoms with Gasteiger partial charge in [0.15, 0.2) is 5.60 Å². The van der Waals surface area contributed by atoms with E-state index in [1.165, 1.54) is 11.3 Å². The van der Waals surface area contributed by atoms with Gasteiger partial charge in [0.2, 0.25) is 0 Å². The van der Waals surface area contributed by atoms with E-state index in [2.05, 4.69) is 15.3 Å². The molecule has 2 aromatic carbocycles. The van der Waals surface area contributed by atoms with Crippen LogP contribution in [0.5, 0.6) is 5.75 Å². The maximum absolute atomic E-state index is 13.3. The summed E-state index contributed by atoms with van der Waals surface area (Å²) in [6.07, 6.45) is 1.55. The highest BCUT2D eigenvalue weighted by molar-refractivity contribution is 7.10. The van der Waals surface area contributed by atoms with Crippen LogP contribution >= 0.6 is 22.9 Å². The highest BCUT2D eigenvalue weighted by Gasteiger charge is 2.37.